The van der Waals surface area contributed by atoms with E-state index in [0.29, 0.717) is 31.0 Å². The second kappa shape index (κ2) is 13.1. The number of piperidine rings is 1. The summed E-state index contributed by atoms with van der Waals surface area (Å²) in [5.41, 5.74) is -0.169. The van der Waals surface area contributed by atoms with Crippen molar-refractivity contribution < 1.29 is 18.3 Å². The lowest BCUT2D eigenvalue weighted by Crippen LogP contribution is -2.67. The molecule has 6 heterocycles. The molecular weight excluding hydrogens is 669 g/mol. The predicted octanol–water partition coefficient (Wildman–Crippen LogP) is 6.53. The fourth-order valence-corrected chi connectivity index (χ4v) is 14.0. The quantitative estimate of drug-likeness (QED) is 0.143. The molecule has 0 unspecified atom stereocenters. The average molecular weight is 716 g/mol. The molecule has 8 nitrogen and oxygen atoms in total. The van der Waals surface area contributed by atoms with Crippen LogP contribution in [0, 0.1) is 5.82 Å². The average Bonchev–Trinajstić information content (AvgIpc) is 3.68. The molecular formula is C39H47ClFN5O3Si. The van der Waals surface area contributed by atoms with Crippen LogP contribution in [0.3, 0.4) is 0 Å². The number of aromatic nitrogens is 3. The van der Waals surface area contributed by atoms with Gasteiger partial charge in [-0.1, -0.05) is 93.0 Å². The summed E-state index contributed by atoms with van der Waals surface area (Å²) in [4.78, 5) is 18.4. The van der Waals surface area contributed by atoms with E-state index in [9.17, 15) is 0 Å². The topological polar surface area (TPSA) is 72.8 Å². The number of benzene rings is 2. The Labute approximate surface area is 300 Å². The van der Waals surface area contributed by atoms with Gasteiger partial charge in [-0.15, -0.1) is 0 Å². The first-order valence-electron chi connectivity index (χ1n) is 18.2. The SMILES string of the molecule is CC(C)(C)[Si](OC[C@@H]1CC[C@]2(COc3nc(N4CCC[C@]5(CCO5)C4)c4cnc(Cl)c(F)c4n3)CCCN12)(c1ccccc1)c1ccccc1. The molecule has 264 valence electrons. The minimum atomic E-state index is -2.67. The number of ether oxygens (including phenoxy) is 2. The maximum Gasteiger partial charge on any atom is 0.319 e. The second-order valence-corrected chi connectivity index (χ2v) is 20.4. The first-order valence-corrected chi connectivity index (χ1v) is 20.5. The molecule has 0 bridgehead atoms. The van der Waals surface area contributed by atoms with E-state index in [1.165, 1.54) is 10.4 Å². The fourth-order valence-electron chi connectivity index (χ4n) is 9.27. The van der Waals surface area contributed by atoms with Gasteiger partial charge in [0, 0.05) is 31.7 Å². The largest absolute Gasteiger partial charge is 0.461 e. The van der Waals surface area contributed by atoms with Gasteiger partial charge in [0.05, 0.1) is 29.7 Å². The summed E-state index contributed by atoms with van der Waals surface area (Å²) >= 11 is 6.16. The summed E-state index contributed by atoms with van der Waals surface area (Å²) in [6.45, 7) is 11.3. The number of hydrogen-bond acceptors (Lipinski definition) is 8. The van der Waals surface area contributed by atoms with Crippen LogP contribution >= 0.6 is 11.6 Å². The molecule has 4 saturated heterocycles. The van der Waals surface area contributed by atoms with E-state index in [2.05, 4.69) is 101 Å². The number of hydrogen-bond donors (Lipinski definition) is 0. The number of fused-ring (bicyclic) bond motifs is 2. The number of halogens is 2. The van der Waals surface area contributed by atoms with Crippen molar-refractivity contribution in [2.75, 3.05) is 44.4 Å². The molecule has 2 aromatic carbocycles. The van der Waals surface area contributed by atoms with Crippen molar-refractivity contribution in [3.05, 3.63) is 77.8 Å². The van der Waals surface area contributed by atoms with Crippen molar-refractivity contribution in [2.45, 2.75) is 87.9 Å². The van der Waals surface area contributed by atoms with Gasteiger partial charge in [0.1, 0.15) is 17.9 Å². The van der Waals surface area contributed by atoms with Gasteiger partial charge in [0.15, 0.2) is 11.0 Å². The first kappa shape index (κ1) is 34.0. The van der Waals surface area contributed by atoms with Crippen molar-refractivity contribution in [1.82, 2.24) is 19.9 Å². The maximum atomic E-state index is 15.5. The number of rotatable bonds is 9. The van der Waals surface area contributed by atoms with Crippen molar-refractivity contribution in [3.63, 3.8) is 0 Å². The smallest absolute Gasteiger partial charge is 0.319 e. The Kier molecular flexibility index (Phi) is 8.91. The zero-order valence-electron chi connectivity index (χ0n) is 29.3. The highest BCUT2D eigenvalue weighted by atomic mass is 35.5. The molecule has 4 aliphatic rings. The summed E-state index contributed by atoms with van der Waals surface area (Å²) in [5, 5.41) is 2.84. The third-order valence-electron chi connectivity index (χ3n) is 11.8. The molecule has 2 aromatic heterocycles. The Balaban J connectivity index is 1.05. The molecule has 0 amide bonds. The molecule has 0 saturated carbocycles. The lowest BCUT2D eigenvalue weighted by molar-refractivity contribution is -0.151. The molecule has 4 aliphatic heterocycles. The zero-order chi connectivity index (χ0) is 34.6. The summed E-state index contributed by atoms with van der Waals surface area (Å²) in [6.07, 6.45) is 8.73. The van der Waals surface area contributed by atoms with Gasteiger partial charge >= 0.3 is 6.01 Å². The maximum absolute atomic E-state index is 15.5. The molecule has 50 heavy (non-hydrogen) atoms. The van der Waals surface area contributed by atoms with Gasteiger partial charge in [0.25, 0.3) is 8.32 Å². The van der Waals surface area contributed by atoms with E-state index in [4.69, 9.17) is 30.5 Å². The molecule has 0 N–H and O–H groups in total. The monoisotopic (exact) mass is 715 g/mol. The standard InChI is InChI=1S/C39H47ClFN5O3Si/c1-37(2,3)50(29-12-6-4-7-13-29,30-14-8-5-9-15-30)49-25-28-16-19-38(17-10-22-46(28)38)27-47-36-43-33-31(24-42-34(40)32(33)41)35(44-36)45-21-11-18-39(26-45)20-23-48-39/h4-9,12-15,24,28H,10-11,16-23,25-27H2,1-3H3/t28-,38-,39-/m0/s1. The Bertz CT molecular complexity index is 1800. The summed E-state index contributed by atoms with van der Waals surface area (Å²) in [6, 6.07) is 22.1. The lowest BCUT2D eigenvalue weighted by atomic mass is 9.86. The lowest BCUT2D eigenvalue weighted by Gasteiger charge is -2.48. The van der Waals surface area contributed by atoms with Crippen LogP contribution in [-0.2, 0) is 9.16 Å². The molecule has 1 spiro atoms. The number of anilines is 1. The fraction of sp³-hybridized carbons (Fsp3) is 0.513. The van der Waals surface area contributed by atoms with Crippen LogP contribution in [0.1, 0.15) is 65.7 Å². The summed E-state index contributed by atoms with van der Waals surface area (Å²) < 4.78 is 35.4. The predicted molar refractivity (Wildman–Crippen MR) is 198 cm³/mol. The van der Waals surface area contributed by atoms with Gasteiger partial charge in [-0.25, -0.2) is 9.37 Å². The van der Waals surface area contributed by atoms with Gasteiger partial charge in [-0.05, 0) is 60.5 Å². The minimum absolute atomic E-state index is 0.0862. The van der Waals surface area contributed by atoms with E-state index < -0.39 is 14.1 Å². The summed E-state index contributed by atoms with van der Waals surface area (Å²) in [7, 11) is -2.67. The normalized spacial score (nSPS) is 25.6. The van der Waals surface area contributed by atoms with Crippen LogP contribution in [0.5, 0.6) is 6.01 Å². The zero-order valence-corrected chi connectivity index (χ0v) is 31.1. The Morgan fingerprint density at radius 1 is 0.960 bits per heavy atom. The summed E-state index contributed by atoms with van der Waals surface area (Å²) in [5.74, 6) is -0.0160. The molecule has 8 rings (SSSR count). The van der Waals surface area contributed by atoms with Crippen LogP contribution in [-0.4, -0.2) is 84.8 Å². The molecule has 0 aliphatic carbocycles. The van der Waals surface area contributed by atoms with Crippen molar-refractivity contribution in [2.24, 2.45) is 0 Å². The van der Waals surface area contributed by atoms with Gasteiger partial charge in [0.2, 0.25) is 0 Å². The van der Waals surface area contributed by atoms with E-state index >= 15 is 4.39 Å². The number of nitrogens with zero attached hydrogens (tertiary/aromatic N) is 5. The second-order valence-electron chi connectivity index (χ2n) is 15.7. The van der Waals surface area contributed by atoms with Crippen LogP contribution in [0.15, 0.2) is 66.9 Å². The number of pyridine rings is 1. The van der Waals surface area contributed by atoms with Crippen molar-refractivity contribution in [1.29, 1.82) is 0 Å². The molecule has 3 atom stereocenters. The molecule has 4 aromatic rings. The first-order chi connectivity index (χ1) is 24.1. The molecule has 4 fully saturated rings. The highest BCUT2D eigenvalue weighted by Gasteiger charge is 2.54. The Morgan fingerprint density at radius 2 is 1.66 bits per heavy atom. The van der Waals surface area contributed by atoms with Gasteiger partial charge < -0.3 is 18.8 Å². The van der Waals surface area contributed by atoms with Crippen LogP contribution in [0.4, 0.5) is 10.2 Å². The van der Waals surface area contributed by atoms with Crippen molar-refractivity contribution >= 4 is 47.0 Å². The van der Waals surface area contributed by atoms with Crippen LogP contribution in [0.2, 0.25) is 10.2 Å². The van der Waals surface area contributed by atoms with Gasteiger partial charge in [-0.3, -0.25) is 4.90 Å². The molecule has 11 heteroatoms. The third-order valence-corrected chi connectivity index (χ3v) is 17.1. The van der Waals surface area contributed by atoms with Crippen LogP contribution < -0.4 is 20.0 Å². The van der Waals surface area contributed by atoms with E-state index in [1.54, 1.807) is 6.20 Å². The highest BCUT2D eigenvalue weighted by molar-refractivity contribution is 6.99. The van der Waals surface area contributed by atoms with E-state index in [0.717, 1.165) is 64.6 Å². The third kappa shape index (κ3) is 5.81. The highest BCUT2D eigenvalue weighted by Crippen LogP contribution is 2.45. The van der Waals surface area contributed by atoms with E-state index in [-0.39, 0.29) is 38.9 Å². The van der Waals surface area contributed by atoms with Crippen LogP contribution in [0.25, 0.3) is 10.9 Å². The van der Waals surface area contributed by atoms with Gasteiger partial charge in [-0.2, -0.15) is 9.97 Å². The van der Waals surface area contributed by atoms with Crippen molar-refractivity contribution in [3.8, 4) is 6.01 Å². The minimum Gasteiger partial charge on any atom is -0.461 e. The molecule has 0 radical (unpaired) electrons. The van der Waals surface area contributed by atoms with E-state index in [1.807, 2.05) is 0 Å². The Morgan fingerprint density at radius 3 is 2.32 bits per heavy atom. The Hall–Kier alpha value is -3.15.